The molecule has 0 saturated heterocycles. The fourth-order valence-electron chi connectivity index (χ4n) is 1.86. The number of nitrogens with one attached hydrogen (secondary N) is 1. The normalized spacial score (nSPS) is 14.3. The van der Waals surface area contributed by atoms with E-state index in [1.807, 2.05) is 24.3 Å². The molecule has 104 valence electrons. The Bertz CT molecular complexity index is 617. The second-order valence-electron chi connectivity index (χ2n) is 4.82. The number of nitrogens with zero attached hydrogens (tertiary/aromatic N) is 1. The molecule has 5 heteroatoms. The van der Waals surface area contributed by atoms with Gasteiger partial charge in [-0.05, 0) is 37.1 Å². The van der Waals surface area contributed by atoms with Gasteiger partial charge in [0.05, 0.1) is 11.2 Å². The number of pyridine rings is 1. The molecule has 0 spiro atoms. The molecule has 1 fully saturated rings. The lowest BCUT2D eigenvalue weighted by Crippen LogP contribution is -2.15. The minimum atomic E-state index is 0.573. The van der Waals surface area contributed by atoms with Gasteiger partial charge in [-0.3, -0.25) is 4.98 Å². The Morgan fingerprint density at radius 2 is 2.15 bits per heavy atom. The first-order valence-corrected chi connectivity index (χ1v) is 7.68. The van der Waals surface area contributed by atoms with Crippen LogP contribution in [-0.2, 0) is 6.54 Å². The fourth-order valence-corrected chi connectivity index (χ4v) is 2.58. The van der Waals surface area contributed by atoms with Gasteiger partial charge in [0.1, 0.15) is 11.5 Å². The molecule has 3 nitrogen and oxygen atoms in total. The van der Waals surface area contributed by atoms with Gasteiger partial charge in [-0.2, -0.15) is 0 Å². The molecule has 1 heterocycles. The highest BCUT2D eigenvalue weighted by atomic mass is 79.9. The zero-order chi connectivity index (χ0) is 13.9. The summed E-state index contributed by atoms with van der Waals surface area (Å²) in [5, 5.41) is 4.05. The molecule has 0 bridgehead atoms. The van der Waals surface area contributed by atoms with Crippen molar-refractivity contribution in [2.75, 3.05) is 0 Å². The molecule has 0 unspecified atom stereocenters. The molecule has 1 aliphatic carbocycles. The molecule has 1 N–H and O–H groups in total. The zero-order valence-corrected chi connectivity index (χ0v) is 13.1. The van der Waals surface area contributed by atoms with Crippen molar-refractivity contribution >= 4 is 27.5 Å². The number of aromatic nitrogens is 1. The van der Waals surface area contributed by atoms with E-state index in [9.17, 15) is 0 Å². The molecule has 1 aromatic heterocycles. The van der Waals surface area contributed by atoms with Gasteiger partial charge in [0.15, 0.2) is 0 Å². The van der Waals surface area contributed by atoms with Crippen LogP contribution in [0.25, 0.3) is 0 Å². The number of benzene rings is 1. The van der Waals surface area contributed by atoms with Gasteiger partial charge in [0.25, 0.3) is 0 Å². The molecule has 1 aliphatic rings. The number of halogens is 2. The van der Waals surface area contributed by atoms with E-state index in [4.69, 9.17) is 16.3 Å². The standard InChI is InChI=1S/C15H14BrClN2O/c16-11-1-4-14(13(17)7-11)20-15-9-18-6-5-10(15)8-19-12-2-3-12/h1,4-7,9,12,19H,2-3,8H2. The highest BCUT2D eigenvalue weighted by molar-refractivity contribution is 9.10. The molecule has 0 radical (unpaired) electrons. The third kappa shape index (κ3) is 3.51. The Kier molecular flexibility index (Phi) is 4.24. The van der Waals surface area contributed by atoms with E-state index in [1.165, 1.54) is 12.8 Å². The van der Waals surface area contributed by atoms with E-state index in [-0.39, 0.29) is 0 Å². The van der Waals surface area contributed by atoms with Crippen molar-refractivity contribution in [1.82, 2.24) is 10.3 Å². The summed E-state index contributed by atoms with van der Waals surface area (Å²) in [4.78, 5) is 4.13. The van der Waals surface area contributed by atoms with E-state index in [2.05, 4.69) is 26.2 Å². The van der Waals surface area contributed by atoms with Crippen LogP contribution in [-0.4, -0.2) is 11.0 Å². The summed E-state index contributed by atoms with van der Waals surface area (Å²) in [6.07, 6.45) is 6.03. The highest BCUT2D eigenvalue weighted by Gasteiger charge is 2.20. The van der Waals surface area contributed by atoms with Crippen molar-refractivity contribution in [3.05, 3.63) is 51.7 Å². The molecule has 20 heavy (non-hydrogen) atoms. The van der Waals surface area contributed by atoms with Gasteiger partial charge in [-0.1, -0.05) is 27.5 Å². The van der Waals surface area contributed by atoms with Crippen LogP contribution in [0.5, 0.6) is 11.5 Å². The summed E-state index contributed by atoms with van der Waals surface area (Å²) in [5.41, 5.74) is 1.09. The van der Waals surface area contributed by atoms with Gasteiger partial charge in [-0.25, -0.2) is 0 Å². The lowest BCUT2D eigenvalue weighted by molar-refractivity contribution is 0.470. The largest absolute Gasteiger partial charge is 0.454 e. The van der Waals surface area contributed by atoms with Crippen molar-refractivity contribution in [1.29, 1.82) is 0 Å². The van der Waals surface area contributed by atoms with Crippen molar-refractivity contribution in [3.63, 3.8) is 0 Å². The second kappa shape index (κ2) is 6.12. The first-order valence-electron chi connectivity index (χ1n) is 6.51. The summed E-state index contributed by atoms with van der Waals surface area (Å²) in [5.74, 6) is 1.38. The van der Waals surface area contributed by atoms with Crippen LogP contribution >= 0.6 is 27.5 Å². The number of hydrogen-bond acceptors (Lipinski definition) is 3. The number of hydrogen-bond donors (Lipinski definition) is 1. The van der Waals surface area contributed by atoms with Gasteiger partial charge < -0.3 is 10.1 Å². The van der Waals surface area contributed by atoms with E-state index in [0.29, 0.717) is 16.8 Å². The summed E-state index contributed by atoms with van der Waals surface area (Å²) in [6, 6.07) is 8.19. The van der Waals surface area contributed by atoms with Crippen LogP contribution in [0.3, 0.4) is 0 Å². The van der Waals surface area contributed by atoms with Crippen LogP contribution in [0.1, 0.15) is 18.4 Å². The maximum Gasteiger partial charge on any atom is 0.150 e. The van der Waals surface area contributed by atoms with Crippen molar-refractivity contribution in [2.45, 2.75) is 25.4 Å². The summed E-state index contributed by atoms with van der Waals surface area (Å²) in [7, 11) is 0. The maximum atomic E-state index is 6.18. The average Bonchev–Trinajstić information content (AvgIpc) is 3.25. The van der Waals surface area contributed by atoms with Crippen LogP contribution < -0.4 is 10.1 Å². The quantitative estimate of drug-likeness (QED) is 0.857. The first kappa shape index (κ1) is 13.9. The van der Waals surface area contributed by atoms with Gasteiger partial charge >= 0.3 is 0 Å². The molecule has 2 aromatic rings. The van der Waals surface area contributed by atoms with Gasteiger partial charge in [0.2, 0.25) is 0 Å². The van der Waals surface area contributed by atoms with Crippen molar-refractivity contribution in [2.24, 2.45) is 0 Å². The van der Waals surface area contributed by atoms with Crippen molar-refractivity contribution in [3.8, 4) is 11.5 Å². The Morgan fingerprint density at radius 3 is 2.90 bits per heavy atom. The van der Waals surface area contributed by atoms with Crippen LogP contribution in [0.4, 0.5) is 0 Å². The lowest BCUT2D eigenvalue weighted by atomic mass is 10.2. The SMILES string of the molecule is Clc1cc(Br)ccc1Oc1cnccc1CNC1CC1. The predicted octanol–water partition coefficient (Wildman–Crippen LogP) is 4.54. The van der Waals surface area contributed by atoms with E-state index >= 15 is 0 Å². The minimum Gasteiger partial charge on any atom is -0.454 e. The van der Waals surface area contributed by atoms with Gasteiger partial charge in [0, 0.05) is 28.8 Å². The monoisotopic (exact) mass is 352 g/mol. The Labute approximate surface area is 131 Å². The highest BCUT2D eigenvalue weighted by Crippen LogP contribution is 2.33. The van der Waals surface area contributed by atoms with Crippen LogP contribution in [0.15, 0.2) is 41.1 Å². The van der Waals surface area contributed by atoms with Crippen LogP contribution in [0, 0.1) is 0 Å². The smallest absolute Gasteiger partial charge is 0.150 e. The number of ether oxygens (including phenoxy) is 1. The lowest BCUT2D eigenvalue weighted by Gasteiger charge is -2.12. The fraction of sp³-hybridized carbons (Fsp3) is 0.267. The summed E-state index contributed by atoms with van der Waals surface area (Å²) in [6.45, 7) is 0.788. The third-order valence-electron chi connectivity index (χ3n) is 3.14. The zero-order valence-electron chi connectivity index (χ0n) is 10.8. The number of rotatable bonds is 5. The van der Waals surface area contributed by atoms with E-state index in [0.717, 1.165) is 22.3 Å². The molecule has 0 aliphatic heterocycles. The molecular formula is C15H14BrClN2O. The molecular weight excluding hydrogens is 340 g/mol. The second-order valence-corrected chi connectivity index (χ2v) is 6.14. The van der Waals surface area contributed by atoms with E-state index < -0.39 is 0 Å². The Morgan fingerprint density at radius 1 is 1.30 bits per heavy atom. The average molecular weight is 354 g/mol. The minimum absolute atomic E-state index is 0.573. The van der Waals surface area contributed by atoms with E-state index in [1.54, 1.807) is 12.4 Å². The molecule has 1 saturated carbocycles. The summed E-state index contributed by atoms with van der Waals surface area (Å²) < 4.78 is 6.82. The Hall–Kier alpha value is -1.10. The van der Waals surface area contributed by atoms with Crippen LogP contribution in [0.2, 0.25) is 5.02 Å². The maximum absolute atomic E-state index is 6.18. The summed E-state index contributed by atoms with van der Waals surface area (Å²) >= 11 is 9.56. The predicted molar refractivity (Wildman–Crippen MR) is 83.3 cm³/mol. The topological polar surface area (TPSA) is 34.1 Å². The Balaban J connectivity index is 1.78. The molecule has 0 amide bonds. The molecule has 0 atom stereocenters. The molecule has 3 rings (SSSR count). The van der Waals surface area contributed by atoms with Crippen molar-refractivity contribution < 1.29 is 4.74 Å². The first-order chi connectivity index (χ1) is 9.72. The molecule has 1 aromatic carbocycles. The van der Waals surface area contributed by atoms with Gasteiger partial charge in [-0.15, -0.1) is 0 Å². The third-order valence-corrected chi connectivity index (χ3v) is 3.93.